The van der Waals surface area contributed by atoms with Crippen LogP contribution in [-0.4, -0.2) is 39.0 Å². The molecule has 0 amide bonds. The molecule has 266 valence electrons. The highest BCUT2D eigenvalue weighted by Gasteiger charge is 2.39. The molecule has 0 aliphatic rings. The van der Waals surface area contributed by atoms with Crippen LogP contribution in [0.2, 0.25) is 0 Å². The van der Waals surface area contributed by atoms with Crippen molar-refractivity contribution in [1.29, 1.82) is 0 Å². The van der Waals surface area contributed by atoms with E-state index in [9.17, 15) is 0 Å². The summed E-state index contributed by atoms with van der Waals surface area (Å²) in [6.07, 6.45) is 31.5. The summed E-state index contributed by atoms with van der Waals surface area (Å²) in [6, 6.07) is 0. The predicted octanol–water partition coefficient (Wildman–Crippen LogP) is 13.1. The molecule has 0 rings (SSSR count). The minimum absolute atomic E-state index is 0.139. The van der Waals surface area contributed by atoms with Gasteiger partial charge >= 0.3 is 0 Å². The summed E-state index contributed by atoms with van der Waals surface area (Å²) in [5, 5.41) is 0. The molecule has 0 saturated heterocycles. The van der Waals surface area contributed by atoms with Crippen LogP contribution in [0.25, 0.3) is 0 Å². The van der Waals surface area contributed by atoms with Gasteiger partial charge in [-0.2, -0.15) is 0 Å². The van der Waals surface area contributed by atoms with E-state index in [-0.39, 0.29) is 12.6 Å². The molecule has 0 heterocycles. The second-order valence-electron chi connectivity index (χ2n) is 13.3. The van der Waals surface area contributed by atoms with Crippen molar-refractivity contribution in [2.75, 3.05) is 26.4 Å². The van der Waals surface area contributed by atoms with Crippen molar-refractivity contribution in [3.63, 3.8) is 0 Å². The van der Waals surface area contributed by atoms with Crippen molar-refractivity contribution in [3.8, 4) is 0 Å². The van der Waals surface area contributed by atoms with Gasteiger partial charge in [0.25, 0.3) is 0 Å². The Kier molecular flexibility index (Phi) is 34.1. The third-order valence-corrected chi connectivity index (χ3v) is 9.55. The van der Waals surface area contributed by atoms with Crippen molar-refractivity contribution < 1.29 is 18.9 Å². The Balaban J connectivity index is 6.00. The average molecular weight is 627 g/mol. The summed E-state index contributed by atoms with van der Waals surface area (Å²) in [5.74, 6) is 1.24. The van der Waals surface area contributed by atoms with Gasteiger partial charge in [-0.25, -0.2) is 0 Å². The molecule has 0 aliphatic heterocycles. The summed E-state index contributed by atoms with van der Waals surface area (Å²) >= 11 is 0. The lowest BCUT2D eigenvalue weighted by molar-refractivity contribution is -0.215. The standard InChI is InChI=1S/C40H82O4/c1-8-15-18-21-24-27-30-33-36(37(39(41-11-4)42-12-5)34-31-28-25-22-19-16-9-2)38(40(43-13-6)44-14-7)35-32-29-26-23-20-17-10-3/h36-40H,8-35H2,1-7H3. The van der Waals surface area contributed by atoms with Gasteiger partial charge in [0.15, 0.2) is 12.6 Å². The Labute approximate surface area is 277 Å². The summed E-state index contributed by atoms with van der Waals surface area (Å²) in [7, 11) is 0. The number of rotatable bonds is 36. The Morgan fingerprint density at radius 3 is 0.750 bits per heavy atom. The second kappa shape index (κ2) is 34.2. The zero-order valence-corrected chi connectivity index (χ0v) is 31.3. The molecule has 0 saturated carbocycles. The number of unbranched alkanes of at least 4 members (excludes halogenated alkanes) is 18. The van der Waals surface area contributed by atoms with Gasteiger partial charge < -0.3 is 18.9 Å². The minimum Gasteiger partial charge on any atom is -0.353 e. The van der Waals surface area contributed by atoms with Crippen molar-refractivity contribution in [2.24, 2.45) is 17.8 Å². The van der Waals surface area contributed by atoms with Crippen LogP contribution in [0.15, 0.2) is 0 Å². The molecule has 0 N–H and O–H groups in total. The molecule has 0 aliphatic carbocycles. The molecular weight excluding hydrogens is 544 g/mol. The average Bonchev–Trinajstić information content (AvgIpc) is 3.02. The summed E-state index contributed by atoms with van der Waals surface area (Å²) < 4.78 is 25.7. The first-order chi connectivity index (χ1) is 21.6. The van der Waals surface area contributed by atoms with E-state index in [2.05, 4.69) is 48.5 Å². The van der Waals surface area contributed by atoms with E-state index < -0.39 is 0 Å². The molecule has 0 aromatic heterocycles. The van der Waals surface area contributed by atoms with Gasteiger partial charge in [0, 0.05) is 38.3 Å². The lowest BCUT2D eigenvalue weighted by Gasteiger charge is -2.41. The maximum Gasteiger partial charge on any atom is 0.160 e. The zero-order valence-electron chi connectivity index (χ0n) is 31.3. The molecule has 0 radical (unpaired) electrons. The first-order valence-electron chi connectivity index (χ1n) is 20.1. The van der Waals surface area contributed by atoms with Crippen molar-refractivity contribution in [2.45, 2.75) is 215 Å². The van der Waals surface area contributed by atoms with Gasteiger partial charge in [-0.3, -0.25) is 0 Å². The van der Waals surface area contributed by atoms with E-state index in [1.807, 2.05) is 0 Å². The normalized spacial score (nSPS) is 14.1. The van der Waals surface area contributed by atoms with Crippen LogP contribution in [0.5, 0.6) is 0 Å². The molecule has 2 atom stereocenters. The number of ether oxygens (including phenoxy) is 4. The Morgan fingerprint density at radius 1 is 0.273 bits per heavy atom. The molecule has 0 aromatic rings. The fourth-order valence-corrected chi connectivity index (χ4v) is 7.11. The van der Waals surface area contributed by atoms with Crippen molar-refractivity contribution in [1.82, 2.24) is 0 Å². The smallest absolute Gasteiger partial charge is 0.160 e. The van der Waals surface area contributed by atoms with Crippen LogP contribution >= 0.6 is 0 Å². The fraction of sp³-hybridized carbons (Fsp3) is 1.00. The van der Waals surface area contributed by atoms with E-state index in [1.54, 1.807) is 0 Å². The van der Waals surface area contributed by atoms with E-state index >= 15 is 0 Å². The SMILES string of the molecule is CCCCCCCCCC(C(OCC)OCC)C(CCCCCCCCC)C(CCCCCCCCC)C(OCC)OCC. The monoisotopic (exact) mass is 627 g/mol. The van der Waals surface area contributed by atoms with Crippen LogP contribution in [0.4, 0.5) is 0 Å². The van der Waals surface area contributed by atoms with Gasteiger partial charge in [-0.05, 0) is 52.9 Å². The highest BCUT2D eigenvalue weighted by Crippen LogP contribution is 2.40. The molecule has 0 bridgehead atoms. The van der Waals surface area contributed by atoms with E-state index in [0.29, 0.717) is 44.2 Å². The number of hydrogen-bond acceptors (Lipinski definition) is 4. The third kappa shape index (κ3) is 23.2. The molecule has 4 heteroatoms. The molecule has 0 aromatic carbocycles. The fourth-order valence-electron chi connectivity index (χ4n) is 7.11. The van der Waals surface area contributed by atoms with Crippen LogP contribution in [-0.2, 0) is 18.9 Å². The largest absolute Gasteiger partial charge is 0.353 e. The third-order valence-electron chi connectivity index (χ3n) is 9.55. The molecule has 4 nitrogen and oxygen atoms in total. The Bertz CT molecular complexity index is 491. The predicted molar refractivity (Wildman–Crippen MR) is 192 cm³/mol. The maximum atomic E-state index is 6.43. The van der Waals surface area contributed by atoms with E-state index in [1.165, 1.54) is 154 Å². The summed E-state index contributed by atoms with van der Waals surface area (Å²) in [4.78, 5) is 0. The van der Waals surface area contributed by atoms with E-state index in [4.69, 9.17) is 18.9 Å². The van der Waals surface area contributed by atoms with Gasteiger partial charge in [-0.15, -0.1) is 0 Å². The molecular formula is C40H82O4. The van der Waals surface area contributed by atoms with E-state index in [0.717, 1.165) is 0 Å². The van der Waals surface area contributed by atoms with Gasteiger partial charge in [0.05, 0.1) is 0 Å². The highest BCUT2D eigenvalue weighted by molar-refractivity contribution is 4.83. The summed E-state index contributed by atoms with van der Waals surface area (Å²) in [6.45, 7) is 18.2. The lowest BCUT2D eigenvalue weighted by Crippen LogP contribution is -2.42. The van der Waals surface area contributed by atoms with Gasteiger partial charge in [0.1, 0.15) is 0 Å². The molecule has 0 spiro atoms. The number of hydrogen-bond donors (Lipinski definition) is 0. The second-order valence-corrected chi connectivity index (χ2v) is 13.3. The quantitative estimate of drug-likeness (QED) is 0.0512. The van der Waals surface area contributed by atoms with Crippen molar-refractivity contribution in [3.05, 3.63) is 0 Å². The zero-order chi connectivity index (χ0) is 32.5. The maximum absolute atomic E-state index is 6.43. The Morgan fingerprint density at radius 2 is 0.500 bits per heavy atom. The topological polar surface area (TPSA) is 36.9 Å². The van der Waals surface area contributed by atoms with Crippen LogP contribution in [0.1, 0.15) is 203 Å². The van der Waals surface area contributed by atoms with Crippen molar-refractivity contribution >= 4 is 0 Å². The lowest BCUT2D eigenvalue weighted by atomic mass is 9.73. The minimum atomic E-state index is -0.139. The summed E-state index contributed by atoms with van der Waals surface area (Å²) in [5.41, 5.74) is 0. The molecule has 0 fully saturated rings. The van der Waals surface area contributed by atoms with Crippen LogP contribution < -0.4 is 0 Å². The van der Waals surface area contributed by atoms with Gasteiger partial charge in [-0.1, -0.05) is 156 Å². The van der Waals surface area contributed by atoms with Crippen LogP contribution in [0, 0.1) is 17.8 Å². The first-order valence-corrected chi connectivity index (χ1v) is 20.1. The van der Waals surface area contributed by atoms with Gasteiger partial charge in [0.2, 0.25) is 0 Å². The molecule has 2 unspecified atom stereocenters. The Hall–Kier alpha value is -0.160. The first kappa shape index (κ1) is 43.8. The highest BCUT2D eigenvalue weighted by atomic mass is 16.7. The van der Waals surface area contributed by atoms with Crippen LogP contribution in [0.3, 0.4) is 0 Å². The molecule has 44 heavy (non-hydrogen) atoms.